The number of carbonyl (C=O) groups is 1. The SMILES string of the molecule is C=CC(=O)N(C)CCOc1cnccc1-c1[nH]c2cccnc2c1-c1ccc(Cl)cc1. The summed E-state index contributed by atoms with van der Waals surface area (Å²) in [5.41, 5.74) is 5.46. The second kappa shape index (κ2) is 9.02. The van der Waals surface area contributed by atoms with Crippen LogP contribution in [-0.2, 0) is 4.79 Å². The average Bonchev–Trinajstić information content (AvgIpc) is 3.18. The van der Waals surface area contributed by atoms with Gasteiger partial charge in [-0.1, -0.05) is 30.3 Å². The van der Waals surface area contributed by atoms with Crippen molar-refractivity contribution in [2.45, 2.75) is 0 Å². The van der Waals surface area contributed by atoms with Gasteiger partial charge in [0.15, 0.2) is 0 Å². The lowest BCUT2D eigenvalue weighted by molar-refractivity contribution is -0.125. The summed E-state index contributed by atoms with van der Waals surface area (Å²) in [4.78, 5) is 25.5. The Morgan fingerprint density at radius 2 is 2.03 bits per heavy atom. The molecule has 0 saturated carbocycles. The molecular formula is C24H21ClN4O2. The highest BCUT2D eigenvalue weighted by molar-refractivity contribution is 6.30. The molecule has 31 heavy (non-hydrogen) atoms. The highest BCUT2D eigenvalue weighted by atomic mass is 35.5. The molecular weight excluding hydrogens is 412 g/mol. The molecule has 0 bridgehead atoms. The largest absolute Gasteiger partial charge is 0.489 e. The van der Waals surface area contributed by atoms with Crippen LogP contribution in [0.15, 0.2) is 73.7 Å². The monoisotopic (exact) mass is 432 g/mol. The molecule has 4 aromatic rings. The summed E-state index contributed by atoms with van der Waals surface area (Å²) >= 11 is 6.10. The van der Waals surface area contributed by atoms with E-state index in [1.165, 1.54) is 6.08 Å². The lowest BCUT2D eigenvalue weighted by atomic mass is 10.0. The predicted molar refractivity (Wildman–Crippen MR) is 123 cm³/mol. The van der Waals surface area contributed by atoms with Gasteiger partial charge < -0.3 is 14.6 Å². The summed E-state index contributed by atoms with van der Waals surface area (Å²) in [7, 11) is 1.71. The number of halogens is 1. The third-order valence-corrected chi connectivity index (χ3v) is 5.23. The van der Waals surface area contributed by atoms with Crippen molar-refractivity contribution in [2.75, 3.05) is 20.2 Å². The topological polar surface area (TPSA) is 71.1 Å². The number of hydrogen-bond acceptors (Lipinski definition) is 4. The average molecular weight is 433 g/mol. The van der Waals surface area contributed by atoms with Gasteiger partial charge in [0.2, 0.25) is 5.91 Å². The van der Waals surface area contributed by atoms with Crippen LogP contribution in [0.25, 0.3) is 33.4 Å². The molecule has 0 fully saturated rings. The number of aromatic amines is 1. The van der Waals surface area contributed by atoms with Crippen LogP contribution < -0.4 is 4.74 Å². The number of likely N-dealkylation sites (N-methyl/N-ethyl adjacent to an activating group) is 1. The fraction of sp³-hybridized carbons (Fsp3) is 0.125. The Balaban J connectivity index is 1.74. The van der Waals surface area contributed by atoms with E-state index < -0.39 is 0 Å². The first-order valence-electron chi connectivity index (χ1n) is 9.76. The molecule has 1 aromatic carbocycles. The normalized spacial score (nSPS) is 10.8. The Labute approximate surface area is 185 Å². The summed E-state index contributed by atoms with van der Waals surface area (Å²) in [6.45, 7) is 4.26. The second-order valence-electron chi connectivity index (χ2n) is 6.97. The Kier molecular flexibility index (Phi) is 6.00. The van der Waals surface area contributed by atoms with Crippen LogP contribution in [-0.4, -0.2) is 46.0 Å². The number of nitrogens with one attached hydrogen (secondary N) is 1. The first-order valence-corrected chi connectivity index (χ1v) is 10.1. The molecule has 1 amide bonds. The first kappa shape index (κ1) is 20.6. The van der Waals surface area contributed by atoms with E-state index >= 15 is 0 Å². The fourth-order valence-electron chi connectivity index (χ4n) is 3.38. The number of benzene rings is 1. The molecule has 0 aliphatic rings. The van der Waals surface area contributed by atoms with E-state index in [4.69, 9.17) is 16.3 Å². The number of amides is 1. The van der Waals surface area contributed by atoms with E-state index in [2.05, 4.69) is 21.5 Å². The van der Waals surface area contributed by atoms with Crippen LogP contribution in [0.3, 0.4) is 0 Å². The second-order valence-corrected chi connectivity index (χ2v) is 7.40. The molecule has 6 nitrogen and oxygen atoms in total. The predicted octanol–water partition coefficient (Wildman–Crippen LogP) is 4.97. The number of pyridine rings is 2. The van der Waals surface area contributed by atoms with Crippen LogP contribution in [0.2, 0.25) is 5.02 Å². The highest BCUT2D eigenvalue weighted by Gasteiger charge is 2.19. The standard InChI is InChI=1S/C24H21ClN4O2/c1-3-21(30)29(2)13-14-31-20-15-26-12-10-18(20)23-22(16-6-8-17(25)9-7-16)24-19(28-23)5-4-11-27-24/h3-12,15,28H,1,13-14H2,2H3. The van der Waals surface area contributed by atoms with E-state index in [0.717, 1.165) is 33.4 Å². The van der Waals surface area contributed by atoms with Crippen LogP contribution in [0.4, 0.5) is 0 Å². The molecule has 0 radical (unpaired) electrons. The van der Waals surface area contributed by atoms with E-state index in [1.807, 2.05) is 42.5 Å². The number of hydrogen-bond donors (Lipinski definition) is 1. The smallest absolute Gasteiger partial charge is 0.245 e. The Bertz CT molecular complexity index is 1230. The van der Waals surface area contributed by atoms with Gasteiger partial charge in [-0.3, -0.25) is 14.8 Å². The molecule has 1 N–H and O–H groups in total. The number of ether oxygens (including phenoxy) is 1. The van der Waals surface area contributed by atoms with Gasteiger partial charge in [-0.15, -0.1) is 0 Å². The number of nitrogens with zero attached hydrogens (tertiary/aromatic N) is 3. The van der Waals surface area contributed by atoms with Gasteiger partial charge >= 0.3 is 0 Å². The zero-order valence-electron chi connectivity index (χ0n) is 17.0. The van der Waals surface area contributed by atoms with E-state index in [1.54, 1.807) is 30.5 Å². The fourth-order valence-corrected chi connectivity index (χ4v) is 3.51. The summed E-state index contributed by atoms with van der Waals surface area (Å²) in [6.07, 6.45) is 6.45. The van der Waals surface area contributed by atoms with Crippen molar-refractivity contribution < 1.29 is 9.53 Å². The number of fused-ring (bicyclic) bond motifs is 1. The summed E-state index contributed by atoms with van der Waals surface area (Å²) in [6, 6.07) is 13.4. The number of aromatic nitrogens is 3. The number of rotatable bonds is 7. The van der Waals surface area contributed by atoms with Gasteiger partial charge in [-0.25, -0.2) is 0 Å². The molecule has 0 unspecified atom stereocenters. The summed E-state index contributed by atoms with van der Waals surface area (Å²) in [5, 5.41) is 0.671. The van der Waals surface area contributed by atoms with Gasteiger partial charge in [0.1, 0.15) is 12.4 Å². The third-order valence-electron chi connectivity index (χ3n) is 4.98. The minimum absolute atomic E-state index is 0.151. The minimum Gasteiger partial charge on any atom is -0.489 e. The molecule has 0 aliphatic carbocycles. The maximum Gasteiger partial charge on any atom is 0.245 e. The third kappa shape index (κ3) is 4.29. The van der Waals surface area contributed by atoms with Crippen LogP contribution in [0.5, 0.6) is 5.75 Å². The summed E-state index contributed by atoms with van der Waals surface area (Å²) in [5.74, 6) is 0.463. The van der Waals surface area contributed by atoms with Crippen molar-refractivity contribution in [1.82, 2.24) is 19.9 Å². The van der Waals surface area contributed by atoms with Crippen molar-refractivity contribution in [3.8, 4) is 28.1 Å². The van der Waals surface area contributed by atoms with Gasteiger partial charge in [-0.05, 0) is 42.0 Å². The Morgan fingerprint density at radius 3 is 2.81 bits per heavy atom. The van der Waals surface area contributed by atoms with Crippen molar-refractivity contribution in [1.29, 1.82) is 0 Å². The van der Waals surface area contributed by atoms with Crippen molar-refractivity contribution in [2.24, 2.45) is 0 Å². The molecule has 0 saturated heterocycles. The summed E-state index contributed by atoms with van der Waals surface area (Å²) < 4.78 is 6.01. The van der Waals surface area contributed by atoms with Crippen LogP contribution in [0.1, 0.15) is 0 Å². The number of H-pyrrole nitrogens is 1. The molecule has 3 aromatic heterocycles. The molecule has 0 atom stereocenters. The molecule has 0 aliphatic heterocycles. The van der Waals surface area contributed by atoms with Gasteiger partial charge in [0, 0.05) is 35.6 Å². The van der Waals surface area contributed by atoms with Gasteiger partial charge in [0.25, 0.3) is 0 Å². The molecule has 0 spiro atoms. The zero-order valence-corrected chi connectivity index (χ0v) is 17.8. The van der Waals surface area contributed by atoms with Crippen LogP contribution in [0, 0.1) is 0 Å². The van der Waals surface area contributed by atoms with E-state index in [0.29, 0.717) is 23.9 Å². The zero-order chi connectivity index (χ0) is 21.8. The van der Waals surface area contributed by atoms with Crippen molar-refractivity contribution in [3.63, 3.8) is 0 Å². The quantitative estimate of drug-likeness (QED) is 0.418. The highest BCUT2D eigenvalue weighted by Crippen LogP contribution is 2.40. The minimum atomic E-state index is -0.151. The van der Waals surface area contributed by atoms with Crippen molar-refractivity contribution >= 4 is 28.5 Å². The van der Waals surface area contributed by atoms with Gasteiger partial charge in [-0.2, -0.15) is 0 Å². The Hall–Kier alpha value is -3.64. The maximum absolute atomic E-state index is 11.7. The lowest BCUT2D eigenvalue weighted by Crippen LogP contribution is -2.29. The van der Waals surface area contributed by atoms with E-state index in [9.17, 15) is 4.79 Å². The van der Waals surface area contributed by atoms with Crippen molar-refractivity contribution in [3.05, 3.63) is 78.7 Å². The van der Waals surface area contributed by atoms with E-state index in [-0.39, 0.29) is 5.91 Å². The molecule has 7 heteroatoms. The first-order chi connectivity index (χ1) is 15.1. The molecule has 156 valence electrons. The van der Waals surface area contributed by atoms with Crippen LogP contribution >= 0.6 is 11.6 Å². The molecule has 4 rings (SSSR count). The maximum atomic E-state index is 11.7. The lowest BCUT2D eigenvalue weighted by Gasteiger charge is -2.16. The Morgan fingerprint density at radius 1 is 1.23 bits per heavy atom. The van der Waals surface area contributed by atoms with Gasteiger partial charge in [0.05, 0.1) is 29.5 Å². The molecule has 3 heterocycles. The number of carbonyl (C=O) groups excluding carboxylic acids is 1.